The van der Waals surface area contributed by atoms with Gasteiger partial charge in [-0.3, -0.25) is 9.59 Å². The molecule has 9 heteroatoms. The summed E-state index contributed by atoms with van der Waals surface area (Å²) in [6.07, 6.45) is 5.44. The Balaban J connectivity index is 1.79. The van der Waals surface area contributed by atoms with Gasteiger partial charge in [-0.1, -0.05) is 6.42 Å². The lowest BCUT2D eigenvalue weighted by Crippen LogP contribution is -2.20. The Morgan fingerprint density at radius 1 is 1.27 bits per heavy atom. The number of carbonyl (C=O) groups is 1. The molecule has 30 heavy (non-hydrogen) atoms. The number of ether oxygens (including phenoxy) is 2. The highest BCUT2D eigenvalue weighted by atomic mass is 127. The first-order valence-electron chi connectivity index (χ1n) is 9.90. The number of amides is 1. The number of aryl methyl sites for hydroxylation is 2. The second-order valence-electron chi connectivity index (χ2n) is 7.13. The third-order valence-corrected chi connectivity index (χ3v) is 7.00. The van der Waals surface area contributed by atoms with E-state index >= 15 is 0 Å². The molecule has 0 unspecified atom stereocenters. The summed E-state index contributed by atoms with van der Waals surface area (Å²) in [5.74, 6) is 0.854. The molecule has 3 N–H and O–H groups in total. The molecular formula is C21H22IN3O4S. The molecule has 0 saturated carbocycles. The van der Waals surface area contributed by atoms with Gasteiger partial charge in [0.15, 0.2) is 18.1 Å². The van der Waals surface area contributed by atoms with Gasteiger partial charge in [-0.2, -0.15) is 0 Å². The number of hydrogen-bond acceptors (Lipinski definition) is 6. The van der Waals surface area contributed by atoms with Crippen molar-refractivity contribution in [2.75, 3.05) is 13.2 Å². The zero-order chi connectivity index (χ0) is 21.3. The molecule has 0 fully saturated rings. The SMILES string of the molecule is CCOc1cc(-c2nc3sc4c(c3c(=O)[nH]2)CCCCC4)cc(I)c1OCC(N)=O. The molecule has 1 aliphatic rings. The van der Waals surface area contributed by atoms with Gasteiger partial charge in [0.1, 0.15) is 10.7 Å². The van der Waals surface area contributed by atoms with E-state index in [4.69, 9.17) is 20.2 Å². The first-order chi connectivity index (χ1) is 14.5. The molecule has 7 nitrogen and oxygen atoms in total. The number of primary amides is 1. The van der Waals surface area contributed by atoms with Crippen LogP contribution in [0, 0.1) is 3.57 Å². The molecule has 0 radical (unpaired) electrons. The Kier molecular flexibility index (Phi) is 6.28. The summed E-state index contributed by atoms with van der Waals surface area (Å²) in [7, 11) is 0. The van der Waals surface area contributed by atoms with E-state index in [-0.39, 0.29) is 12.2 Å². The van der Waals surface area contributed by atoms with Crippen LogP contribution in [0.3, 0.4) is 0 Å². The number of halogens is 1. The summed E-state index contributed by atoms with van der Waals surface area (Å²) >= 11 is 3.74. The molecule has 4 rings (SSSR count). The third kappa shape index (κ3) is 4.18. The van der Waals surface area contributed by atoms with Crippen molar-refractivity contribution in [2.45, 2.75) is 39.0 Å². The highest BCUT2D eigenvalue weighted by Gasteiger charge is 2.20. The van der Waals surface area contributed by atoms with Gasteiger partial charge in [-0.05, 0) is 72.9 Å². The zero-order valence-corrected chi connectivity index (χ0v) is 19.5. The number of aromatic nitrogens is 2. The summed E-state index contributed by atoms with van der Waals surface area (Å²) in [5, 5.41) is 0.738. The molecule has 0 atom stereocenters. The van der Waals surface area contributed by atoms with Gasteiger partial charge in [-0.25, -0.2) is 4.98 Å². The smallest absolute Gasteiger partial charge is 0.260 e. The second-order valence-corrected chi connectivity index (χ2v) is 9.38. The van der Waals surface area contributed by atoms with Crippen LogP contribution in [-0.2, 0) is 17.6 Å². The van der Waals surface area contributed by atoms with Gasteiger partial charge in [0, 0.05) is 10.4 Å². The summed E-state index contributed by atoms with van der Waals surface area (Å²) in [4.78, 5) is 33.9. The topological polar surface area (TPSA) is 107 Å². The van der Waals surface area contributed by atoms with E-state index in [9.17, 15) is 9.59 Å². The van der Waals surface area contributed by atoms with E-state index in [2.05, 4.69) is 27.6 Å². The van der Waals surface area contributed by atoms with Crippen molar-refractivity contribution in [3.63, 3.8) is 0 Å². The molecule has 0 aliphatic heterocycles. The number of thiophene rings is 1. The third-order valence-electron chi connectivity index (χ3n) is 5.02. The monoisotopic (exact) mass is 539 g/mol. The van der Waals surface area contributed by atoms with E-state index in [0.29, 0.717) is 23.9 Å². The Labute approximate surface area is 191 Å². The number of H-pyrrole nitrogens is 1. The molecule has 3 aromatic rings. The van der Waals surface area contributed by atoms with Crippen LogP contribution < -0.4 is 20.8 Å². The van der Waals surface area contributed by atoms with E-state index in [0.717, 1.165) is 45.0 Å². The van der Waals surface area contributed by atoms with Crippen molar-refractivity contribution in [1.82, 2.24) is 9.97 Å². The first kappa shape index (κ1) is 21.1. The maximum absolute atomic E-state index is 13.0. The number of hydrogen-bond donors (Lipinski definition) is 2. The molecular weight excluding hydrogens is 517 g/mol. The quantitative estimate of drug-likeness (QED) is 0.366. The van der Waals surface area contributed by atoms with E-state index in [1.165, 1.54) is 16.9 Å². The summed E-state index contributed by atoms with van der Waals surface area (Å²) in [5.41, 5.74) is 6.99. The van der Waals surface area contributed by atoms with Crippen LogP contribution in [0.1, 0.15) is 36.6 Å². The number of nitrogens with one attached hydrogen (secondary N) is 1. The number of aromatic amines is 1. The Morgan fingerprint density at radius 3 is 2.83 bits per heavy atom. The summed E-state index contributed by atoms with van der Waals surface area (Å²) in [6.45, 7) is 2.05. The summed E-state index contributed by atoms with van der Waals surface area (Å²) in [6, 6.07) is 3.62. The standard InChI is InChI=1S/C21H22IN3O4S/c1-2-28-14-9-11(8-13(22)18(14)29-10-16(23)26)19-24-20(27)17-12-6-4-3-5-7-15(12)30-21(17)25-19/h8-9H,2-7,10H2,1H3,(H2,23,26)(H,24,25,27). The highest BCUT2D eigenvalue weighted by Crippen LogP contribution is 2.38. The molecule has 0 bridgehead atoms. The van der Waals surface area contributed by atoms with E-state index in [1.807, 2.05) is 13.0 Å². The van der Waals surface area contributed by atoms with Gasteiger partial charge >= 0.3 is 0 Å². The van der Waals surface area contributed by atoms with Crippen LogP contribution in [0.25, 0.3) is 21.6 Å². The molecule has 2 heterocycles. The predicted octanol–water partition coefficient (Wildman–Crippen LogP) is 3.79. The fraction of sp³-hybridized carbons (Fsp3) is 0.381. The lowest BCUT2D eigenvalue weighted by molar-refractivity contribution is -0.119. The Hall–Kier alpha value is -2.14. The van der Waals surface area contributed by atoms with Crippen molar-refractivity contribution >= 4 is 50.1 Å². The highest BCUT2D eigenvalue weighted by molar-refractivity contribution is 14.1. The number of fused-ring (bicyclic) bond motifs is 3. The van der Waals surface area contributed by atoms with Crippen molar-refractivity contribution < 1.29 is 14.3 Å². The van der Waals surface area contributed by atoms with Crippen LogP contribution >= 0.6 is 33.9 Å². The fourth-order valence-corrected chi connectivity index (χ4v) is 5.75. The molecule has 158 valence electrons. The van der Waals surface area contributed by atoms with E-state index in [1.54, 1.807) is 17.4 Å². The molecule has 1 aromatic carbocycles. The minimum absolute atomic E-state index is 0.101. The summed E-state index contributed by atoms with van der Waals surface area (Å²) < 4.78 is 12.0. The second kappa shape index (κ2) is 8.93. The van der Waals surface area contributed by atoms with Gasteiger partial charge in [-0.15, -0.1) is 11.3 Å². The van der Waals surface area contributed by atoms with Crippen LogP contribution in [0.15, 0.2) is 16.9 Å². The van der Waals surface area contributed by atoms with Crippen LogP contribution in [-0.4, -0.2) is 29.1 Å². The molecule has 1 amide bonds. The van der Waals surface area contributed by atoms with Gasteiger partial charge in [0.25, 0.3) is 11.5 Å². The Morgan fingerprint density at radius 2 is 2.07 bits per heavy atom. The largest absolute Gasteiger partial charge is 0.490 e. The van der Waals surface area contributed by atoms with Crippen molar-refractivity contribution in [3.8, 4) is 22.9 Å². The number of carbonyl (C=O) groups excluding carboxylic acids is 1. The molecule has 1 aliphatic carbocycles. The van der Waals surface area contributed by atoms with Crippen LogP contribution in [0.2, 0.25) is 0 Å². The fourth-order valence-electron chi connectivity index (χ4n) is 3.73. The van der Waals surface area contributed by atoms with Crippen molar-refractivity contribution in [3.05, 3.63) is 36.5 Å². The molecule has 0 spiro atoms. The normalized spacial score (nSPS) is 13.7. The van der Waals surface area contributed by atoms with Gasteiger partial charge < -0.3 is 20.2 Å². The van der Waals surface area contributed by atoms with Gasteiger partial charge in [0.2, 0.25) is 0 Å². The lowest BCUT2D eigenvalue weighted by atomic mass is 10.1. The maximum Gasteiger partial charge on any atom is 0.260 e. The first-order valence-corrected chi connectivity index (χ1v) is 11.8. The number of nitrogens with zero attached hydrogens (tertiary/aromatic N) is 1. The minimum Gasteiger partial charge on any atom is -0.490 e. The predicted molar refractivity (Wildman–Crippen MR) is 126 cm³/mol. The Bertz CT molecular complexity index is 1170. The molecule has 0 saturated heterocycles. The number of benzene rings is 1. The minimum atomic E-state index is -0.564. The molecule has 2 aromatic heterocycles. The maximum atomic E-state index is 13.0. The lowest BCUT2D eigenvalue weighted by Gasteiger charge is -2.14. The average molecular weight is 539 g/mol. The number of rotatable bonds is 6. The average Bonchev–Trinajstić information content (AvgIpc) is 2.89. The van der Waals surface area contributed by atoms with Gasteiger partial charge in [0.05, 0.1) is 15.6 Å². The zero-order valence-electron chi connectivity index (χ0n) is 16.5. The van der Waals surface area contributed by atoms with Crippen LogP contribution in [0.4, 0.5) is 0 Å². The van der Waals surface area contributed by atoms with Crippen molar-refractivity contribution in [2.24, 2.45) is 5.73 Å². The number of nitrogens with two attached hydrogens (primary N) is 1. The van der Waals surface area contributed by atoms with E-state index < -0.39 is 5.91 Å². The van der Waals surface area contributed by atoms with Crippen LogP contribution in [0.5, 0.6) is 11.5 Å². The van der Waals surface area contributed by atoms with Crippen molar-refractivity contribution in [1.29, 1.82) is 0 Å².